The van der Waals surface area contributed by atoms with Crippen LogP contribution in [0.15, 0.2) is 12.1 Å². The fourth-order valence-corrected chi connectivity index (χ4v) is 3.14. The maximum Gasteiger partial charge on any atom is 0.165 e. The third-order valence-electron chi connectivity index (χ3n) is 3.97. The minimum atomic E-state index is -0.309. The number of nitrogens with zero attached hydrogens (tertiary/aromatic N) is 1. The summed E-state index contributed by atoms with van der Waals surface area (Å²) in [4.78, 5) is 0. The van der Waals surface area contributed by atoms with Gasteiger partial charge in [-0.3, -0.25) is 0 Å². The number of ether oxygens (including phenoxy) is 1. The van der Waals surface area contributed by atoms with E-state index in [9.17, 15) is 4.39 Å². The van der Waals surface area contributed by atoms with Crippen LogP contribution in [-0.4, -0.2) is 11.7 Å². The van der Waals surface area contributed by atoms with Crippen LogP contribution in [0.1, 0.15) is 30.8 Å². The molecule has 3 rings (SSSR count). The maximum absolute atomic E-state index is 13.9. The largest absolute Gasteiger partial charge is 0.493 e. The second-order valence-corrected chi connectivity index (χ2v) is 4.95. The van der Waals surface area contributed by atoms with Crippen LogP contribution in [0.2, 0.25) is 0 Å². The Morgan fingerprint density at radius 3 is 2.89 bits per heavy atom. The number of aryl methyl sites for hydroxylation is 1. The van der Waals surface area contributed by atoms with Crippen molar-refractivity contribution in [3.63, 3.8) is 0 Å². The molecule has 1 aliphatic rings. The fourth-order valence-electron chi connectivity index (χ4n) is 3.14. The number of hydrogen-bond donors (Lipinski definition) is 1. The van der Waals surface area contributed by atoms with Crippen molar-refractivity contribution < 1.29 is 9.13 Å². The third kappa shape index (κ3) is 1.66. The van der Waals surface area contributed by atoms with Gasteiger partial charge in [-0.15, -0.1) is 0 Å². The number of methoxy groups -OCH3 is 1. The first kappa shape index (κ1) is 12.5. The highest BCUT2D eigenvalue weighted by atomic mass is 19.1. The van der Waals surface area contributed by atoms with E-state index in [4.69, 9.17) is 10.5 Å². The number of rotatable bonds is 3. The standard InChI is InChI=1S/C15H18FN2O/c1-3-13(17)18-11-6-4-5-9(11)14-12(18)8-7-10(16)15(14)19-2/h3,7-8,13H,4-6,17H2,1-2H3/t13-/m0/s1. The highest BCUT2D eigenvalue weighted by molar-refractivity contribution is 5.92. The molecule has 0 saturated carbocycles. The van der Waals surface area contributed by atoms with Gasteiger partial charge in [0.15, 0.2) is 11.6 Å². The van der Waals surface area contributed by atoms with E-state index in [-0.39, 0.29) is 12.0 Å². The van der Waals surface area contributed by atoms with E-state index in [1.165, 1.54) is 24.4 Å². The molecule has 1 aliphatic carbocycles. The first-order valence-electron chi connectivity index (χ1n) is 6.62. The molecule has 2 N–H and O–H groups in total. The highest BCUT2D eigenvalue weighted by Crippen LogP contribution is 2.40. The monoisotopic (exact) mass is 261 g/mol. The average molecular weight is 261 g/mol. The van der Waals surface area contributed by atoms with Crippen molar-refractivity contribution in [3.05, 3.63) is 35.6 Å². The van der Waals surface area contributed by atoms with Crippen molar-refractivity contribution >= 4 is 10.9 Å². The van der Waals surface area contributed by atoms with Crippen LogP contribution in [0.4, 0.5) is 4.39 Å². The van der Waals surface area contributed by atoms with Crippen molar-refractivity contribution in [2.45, 2.75) is 32.4 Å². The molecule has 0 amide bonds. The van der Waals surface area contributed by atoms with Gasteiger partial charge in [0.2, 0.25) is 0 Å². The molecule has 2 aromatic rings. The first-order chi connectivity index (χ1) is 9.19. The summed E-state index contributed by atoms with van der Waals surface area (Å²) in [5.74, 6) is 0.0357. The summed E-state index contributed by atoms with van der Waals surface area (Å²) in [6, 6.07) is 3.25. The molecule has 101 valence electrons. The van der Waals surface area contributed by atoms with Gasteiger partial charge in [0.1, 0.15) is 0 Å². The van der Waals surface area contributed by atoms with Gasteiger partial charge in [-0.25, -0.2) is 4.39 Å². The van der Waals surface area contributed by atoms with E-state index in [2.05, 4.69) is 4.57 Å². The normalized spacial score (nSPS) is 15.8. The molecule has 0 aliphatic heterocycles. The molecule has 1 aromatic carbocycles. The summed E-state index contributed by atoms with van der Waals surface area (Å²) in [5, 5.41) is 0.896. The number of benzene rings is 1. The van der Waals surface area contributed by atoms with Gasteiger partial charge >= 0.3 is 0 Å². The summed E-state index contributed by atoms with van der Waals surface area (Å²) in [7, 11) is 1.52. The number of halogens is 1. The SMILES string of the molecule is C[CH][C@@H](N)n1c2c(c3c(OC)c(F)ccc31)CCC2. The zero-order chi connectivity index (χ0) is 13.6. The van der Waals surface area contributed by atoms with Gasteiger partial charge in [-0.2, -0.15) is 0 Å². The van der Waals surface area contributed by atoms with Gasteiger partial charge in [0, 0.05) is 11.1 Å². The summed E-state index contributed by atoms with van der Waals surface area (Å²) in [6.45, 7) is 1.94. The summed E-state index contributed by atoms with van der Waals surface area (Å²) < 4.78 is 21.3. The summed E-state index contributed by atoms with van der Waals surface area (Å²) in [6.07, 6.45) is 4.83. The molecule has 1 heterocycles. The second kappa shape index (κ2) is 4.53. The first-order valence-corrected chi connectivity index (χ1v) is 6.62. The Morgan fingerprint density at radius 1 is 1.42 bits per heavy atom. The van der Waals surface area contributed by atoms with Crippen molar-refractivity contribution in [3.8, 4) is 5.75 Å². The van der Waals surface area contributed by atoms with E-state index >= 15 is 0 Å². The topological polar surface area (TPSA) is 40.2 Å². The predicted octanol–water partition coefficient (Wildman–Crippen LogP) is 2.96. The number of fused-ring (bicyclic) bond motifs is 3. The third-order valence-corrected chi connectivity index (χ3v) is 3.97. The maximum atomic E-state index is 13.9. The second-order valence-electron chi connectivity index (χ2n) is 4.95. The summed E-state index contributed by atoms with van der Waals surface area (Å²) in [5.41, 5.74) is 9.57. The summed E-state index contributed by atoms with van der Waals surface area (Å²) >= 11 is 0. The van der Waals surface area contributed by atoms with Gasteiger partial charge in [-0.05, 0) is 43.4 Å². The van der Waals surface area contributed by atoms with Crippen LogP contribution in [0.3, 0.4) is 0 Å². The molecular weight excluding hydrogens is 243 g/mol. The molecule has 0 spiro atoms. The van der Waals surface area contributed by atoms with Crippen LogP contribution in [0, 0.1) is 12.2 Å². The lowest BCUT2D eigenvalue weighted by Gasteiger charge is -2.16. The van der Waals surface area contributed by atoms with Gasteiger partial charge in [0.25, 0.3) is 0 Å². The number of aromatic nitrogens is 1. The van der Waals surface area contributed by atoms with Crippen LogP contribution < -0.4 is 10.5 Å². The predicted molar refractivity (Wildman–Crippen MR) is 73.7 cm³/mol. The number of nitrogens with two attached hydrogens (primary N) is 1. The Hall–Kier alpha value is -1.55. The molecule has 0 saturated heterocycles. The molecule has 19 heavy (non-hydrogen) atoms. The quantitative estimate of drug-likeness (QED) is 0.922. The Morgan fingerprint density at radius 2 is 2.21 bits per heavy atom. The molecule has 1 atom stereocenters. The minimum absolute atomic E-state index is 0.181. The smallest absolute Gasteiger partial charge is 0.165 e. The van der Waals surface area contributed by atoms with E-state index in [0.717, 1.165) is 30.2 Å². The zero-order valence-corrected chi connectivity index (χ0v) is 11.2. The van der Waals surface area contributed by atoms with Gasteiger partial charge in [0.05, 0.1) is 18.8 Å². The van der Waals surface area contributed by atoms with Gasteiger partial charge < -0.3 is 15.0 Å². The molecule has 1 radical (unpaired) electrons. The molecule has 0 bridgehead atoms. The zero-order valence-electron chi connectivity index (χ0n) is 11.2. The van der Waals surface area contributed by atoms with Crippen LogP contribution in [-0.2, 0) is 12.8 Å². The van der Waals surface area contributed by atoms with E-state index in [1.54, 1.807) is 6.07 Å². The van der Waals surface area contributed by atoms with Crippen molar-refractivity contribution in [1.82, 2.24) is 4.57 Å². The lowest BCUT2D eigenvalue weighted by atomic mass is 10.1. The molecule has 3 nitrogen and oxygen atoms in total. The van der Waals surface area contributed by atoms with E-state index < -0.39 is 0 Å². The molecule has 0 unspecified atom stereocenters. The molecular formula is C15H18FN2O. The Labute approximate surface area is 112 Å². The molecule has 4 heteroatoms. The molecule has 0 fully saturated rings. The number of hydrogen-bond acceptors (Lipinski definition) is 2. The minimum Gasteiger partial charge on any atom is -0.493 e. The van der Waals surface area contributed by atoms with E-state index in [0.29, 0.717) is 5.75 Å². The average Bonchev–Trinajstić information content (AvgIpc) is 2.98. The molecule has 1 aromatic heterocycles. The van der Waals surface area contributed by atoms with Crippen LogP contribution in [0.5, 0.6) is 5.75 Å². The lowest BCUT2D eigenvalue weighted by Crippen LogP contribution is -2.19. The van der Waals surface area contributed by atoms with Crippen LogP contribution in [0.25, 0.3) is 10.9 Å². The van der Waals surface area contributed by atoms with Crippen molar-refractivity contribution in [2.24, 2.45) is 5.73 Å². The van der Waals surface area contributed by atoms with E-state index in [1.807, 2.05) is 13.3 Å². The van der Waals surface area contributed by atoms with Crippen LogP contribution >= 0.6 is 0 Å². The fraction of sp³-hybridized carbons (Fsp3) is 0.400. The van der Waals surface area contributed by atoms with Gasteiger partial charge in [-0.1, -0.05) is 6.92 Å². The van der Waals surface area contributed by atoms with Crippen molar-refractivity contribution in [1.29, 1.82) is 0 Å². The Balaban J connectivity index is 2.39. The Bertz CT molecular complexity index is 633. The van der Waals surface area contributed by atoms with Crippen molar-refractivity contribution in [2.75, 3.05) is 7.11 Å². The Kier molecular flexibility index (Phi) is 2.97. The lowest BCUT2D eigenvalue weighted by molar-refractivity contribution is 0.391. The highest BCUT2D eigenvalue weighted by Gasteiger charge is 2.27.